The van der Waals surface area contributed by atoms with Crippen LogP contribution in [0.1, 0.15) is 0 Å². The second kappa shape index (κ2) is 9.90. The van der Waals surface area contributed by atoms with Crippen molar-refractivity contribution in [1.82, 2.24) is 0 Å². The lowest BCUT2D eigenvalue weighted by Gasteiger charge is -2.18. The first-order valence-electron chi connectivity index (χ1n) is 15.7. The summed E-state index contributed by atoms with van der Waals surface area (Å²) in [5.41, 5.74) is 7.00. The van der Waals surface area contributed by atoms with Crippen molar-refractivity contribution >= 4 is 74.8 Å². The zero-order chi connectivity index (χ0) is 30.2. The zero-order valence-electron chi connectivity index (χ0n) is 24.8. The third-order valence-corrected chi connectivity index (χ3v) is 10.6. The van der Waals surface area contributed by atoms with E-state index >= 15 is 0 Å². The Morgan fingerprint density at radius 3 is 1.74 bits per heavy atom. The molecular formula is C44H26OS. The maximum atomic E-state index is 6.86. The van der Waals surface area contributed by atoms with Gasteiger partial charge in [-0.05, 0) is 78.8 Å². The van der Waals surface area contributed by atoms with Crippen molar-refractivity contribution in [3.8, 4) is 33.6 Å². The van der Waals surface area contributed by atoms with Crippen LogP contribution in [0.4, 0.5) is 0 Å². The van der Waals surface area contributed by atoms with Gasteiger partial charge in [0.2, 0.25) is 0 Å². The molecule has 2 heteroatoms. The molecule has 0 amide bonds. The predicted octanol–water partition coefficient (Wildman–Crippen LogP) is 13.3. The molecule has 0 bridgehead atoms. The Morgan fingerprint density at radius 1 is 0.391 bits per heavy atom. The van der Waals surface area contributed by atoms with Crippen LogP contribution < -0.4 is 0 Å². The standard InChI is InChI=1S/C44H26OS/c1-2-13-28(14-3-1)38-25-37-36(26-40-43(44(37)45-38)35-20-10-11-21-39(35)46-40)42-33-18-8-6-16-31(33)41(32-17-7-9-19-34(32)42)30-23-22-27-12-4-5-15-29(27)24-30/h1-26H. The van der Waals surface area contributed by atoms with Gasteiger partial charge in [-0.15, -0.1) is 11.3 Å². The van der Waals surface area contributed by atoms with Crippen LogP contribution in [0.25, 0.3) is 97.0 Å². The van der Waals surface area contributed by atoms with E-state index in [1.807, 2.05) is 11.3 Å². The zero-order valence-corrected chi connectivity index (χ0v) is 25.6. The van der Waals surface area contributed by atoms with Crippen molar-refractivity contribution in [3.05, 3.63) is 158 Å². The number of furan rings is 1. The molecule has 0 aliphatic rings. The Hall–Kier alpha value is -5.70. The van der Waals surface area contributed by atoms with Crippen LogP contribution >= 0.6 is 11.3 Å². The van der Waals surface area contributed by atoms with Gasteiger partial charge in [0.05, 0.1) is 0 Å². The fourth-order valence-corrected chi connectivity index (χ4v) is 8.56. The van der Waals surface area contributed by atoms with E-state index in [0.29, 0.717) is 0 Å². The summed E-state index contributed by atoms with van der Waals surface area (Å²) in [7, 11) is 0. The van der Waals surface area contributed by atoms with Crippen molar-refractivity contribution in [2.75, 3.05) is 0 Å². The van der Waals surface area contributed by atoms with Gasteiger partial charge in [-0.2, -0.15) is 0 Å². The molecule has 0 fully saturated rings. The Kier molecular flexibility index (Phi) is 5.51. The van der Waals surface area contributed by atoms with E-state index in [2.05, 4.69) is 158 Å². The highest BCUT2D eigenvalue weighted by Gasteiger charge is 2.23. The third kappa shape index (κ3) is 3.74. The van der Waals surface area contributed by atoms with E-state index in [1.165, 1.54) is 74.7 Å². The van der Waals surface area contributed by atoms with Gasteiger partial charge in [0.1, 0.15) is 11.3 Å². The monoisotopic (exact) mass is 602 g/mol. The van der Waals surface area contributed by atoms with Gasteiger partial charge >= 0.3 is 0 Å². The molecule has 0 unspecified atom stereocenters. The molecule has 2 aromatic heterocycles. The number of rotatable bonds is 3. The van der Waals surface area contributed by atoms with E-state index in [-0.39, 0.29) is 0 Å². The van der Waals surface area contributed by atoms with Crippen LogP contribution in [-0.4, -0.2) is 0 Å². The van der Waals surface area contributed by atoms with Crippen molar-refractivity contribution in [2.24, 2.45) is 0 Å². The number of hydrogen-bond acceptors (Lipinski definition) is 2. The predicted molar refractivity (Wildman–Crippen MR) is 198 cm³/mol. The molecule has 10 rings (SSSR count). The van der Waals surface area contributed by atoms with Crippen LogP contribution in [-0.2, 0) is 0 Å². The van der Waals surface area contributed by atoms with Gasteiger partial charge in [0.25, 0.3) is 0 Å². The van der Waals surface area contributed by atoms with E-state index in [9.17, 15) is 0 Å². The number of benzene rings is 8. The lowest BCUT2D eigenvalue weighted by Crippen LogP contribution is -1.91. The van der Waals surface area contributed by atoms with Crippen LogP contribution in [0.2, 0.25) is 0 Å². The highest BCUT2D eigenvalue weighted by molar-refractivity contribution is 7.26. The first kappa shape index (κ1) is 25.6. The Morgan fingerprint density at radius 2 is 1.00 bits per heavy atom. The van der Waals surface area contributed by atoms with Gasteiger partial charge in [0.15, 0.2) is 0 Å². The summed E-state index contributed by atoms with van der Waals surface area (Å²) in [5.74, 6) is 0.890. The quantitative estimate of drug-likeness (QED) is 0.183. The fraction of sp³-hybridized carbons (Fsp3) is 0. The third-order valence-electron chi connectivity index (χ3n) is 9.44. The average molecular weight is 603 g/mol. The summed E-state index contributed by atoms with van der Waals surface area (Å²) in [6.07, 6.45) is 0. The minimum Gasteiger partial charge on any atom is -0.455 e. The van der Waals surface area contributed by atoms with E-state index in [1.54, 1.807) is 0 Å². The van der Waals surface area contributed by atoms with E-state index in [0.717, 1.165) is 22.3 Å². The van der Waals surface area contributed by atoms with Crippen molar-refractivity contribution in [3.63, 3.8) is 0 Å². The molecule has 10 aromatic rings. The molecule has 0 saturated heterocycles. The first-order valence-corrected chi connectivity index (χ1v) is 16.5. The van der Waals surface area contributed by atoms with Crippen molar-refractivity contribution in [2.45, 2.75) is 0 Å². The maximum Gasteiger partial charge on any atom is 0.144 e. The molecule has 0 aliphatic heterocycles. The first-order chi connectivity index (χ1) is 22.8. The summed E-state index contributed by atoms with van der Waals surface area (Å²) < 4.78 is 9.37. The highest BCUT2D eigenvalue weighted by atomic mass is 32.1. The molecule has 214 valence electrons. The molecule has 0 aliphatic carbocycles. The molecule has 0 N–H and O–H groups in total. The Labute approximate surface area is 269 Å². The number of hydrogen-bond donors (Lipinski definition) is 0. The smallest absolute Gasteiger partial charge is 0.144 e. The van der Waals surface area contributed by atoms with Gasteiger partial charge in [-0.3, -0.25) is 0 Å². The normalized spacial score (nSPS) is 11.9. The lowest BCUT2D eigenvalue weighted by molar-refractivity contribution is 0.635. The van der Waals surface area contributed by atoms with E-state index in [4.69, 9.17) is 4.42 Å². The molecule has 0 radical (unpaired) electrons. The van der Waals surface area contributed by atoms with Crippen molar-refractivity contribution < 1.29 is 4.42 Å². The summed E-state index contributed by atoms with van der Waals surface area (Å²) >= 11 is 1.84. The minimum absolute atomic E-state index is 0.890. The number of thiophene rings is 1. The van der Waals surface area contributed by atoms with E-state index < -0.39 is 0 Å². The van der Waals surface area contributed by atoms with Crippen LogP contribution in [0, 0.1) is 0 Å². The molecule has 46 heavy (non-hydrogen) atoms. The Balaban J connectivity index is 1.36. The molecule has 1 nitrogen and oxygen atoms in total. The van der Waals surface area contributed by atoms with Gasteiger partial charge < -0.3 is 4.42 Å². The summed E-state index contributed by atoms with van der Waals surface area (Å²) in [5, 5.41) is 11.1. The molecular weight excluding hydrogens is 577 g/mol. The second-order valence-electron chi connectivity index (χ2n) is 12.0. The molecule has 0 saturated carbocycles. The van der Waals surface area contributed by atoms with Gasteiger partial charge in [-0.25, -0.2) is 0 Å². The largest absolute Gasteiger partial charge is 0.455 e. The summed E-state index contributed by atoms with van der Waals surface area (Å²) in [4.78, 5) is 0. The lowest BCUT2D eigenvalue weighted by atomic mass is 9.84. The topological polar surface area (TPSA) is 13.1 Å². The number of fused-ring (bicyclic) bond motifs is 8. The molecule has 0 atom stereocenters. The SMILES string of the molecule is c1ccc(-c2cc3c(-c4c5ccccc5c(-c5ccc6ccccc6c5)c5ccccc45)cc4sc5ccccc5c4c3o2)cc1. The van der Waals surface area contributed by atoms with Crippen LogP contribution in [0.3, 0.4) is 0 Å². The molecule has 0 spiro atoms. The van der Waals surface area contributed by atoms with Gasteiger partial charge in [0, 0.05) is 31.1 Å². The second-order valence-corrected chi connectivity index (χ2v) is 13.1. The fourth-order valence-electron chi connectivity index (χ4n) is 7.41. The maximum absolute atomic E-state index is 6.86. The highest BCUT2D eigenvalue weighted by Crippen LogP contribution is 2.50. The molecule has 2 heterocycles. The van der Waals surface area contributed by atoms with Crippen LogP contribution in [0.5, 0.6) is 0 Å². The summed E-state index contributed by atoms with van der Waals surface area (Å²) in [6, 6.07) is 57.1. The van der Waals surface area contributed by atoms with Crippen LogP contribution in [0.15, 0.2) is 162 Å². The average Bonchev–Trinajstić information content (AvgIpc) is 3.72. The summed E-state index contributed by atoms with van der Waals surface area (Å²) in [6.45, 7) is 0. The molecule has 8 aromatic carbocycles. The van der Waals surface area contributed by atoms with Gasteiger partial charge in [-0.1, -0.05) is 133 Å². The van der Waals surface area contributed by atoms with Crippen molar-refractivity contribution in [1.29, 1.82) is 0 Å². The Bertz CT molecular complexity index is 2740. The minimum atomic E-state index is 0.890.